The number of Topliss-reactive ketones (excluding diaryl/α,β-unsaturated/α-hetero) is 1. The number of benzene rings is 1. The van der Waals surface area contributed by atoms with E-state index in [1.807, 2.05) is 34.6 Å². The summed E-state index contributed by atoms with van der Waals surface area (Å²) in [6.45, 7) is 11.0. The predicted octanol–water partition coefficient (Wildman–Crippen LogP) is 6.47. The van der Waals surface area contributed by atoms with Crippen molar-refractivity contribution in [1.29, 1.82) is 0 Å². The van der Waals surface area contributed by atoms with Gasteiger partial charge in [-0.2, -0.15) is 0 Å². The van der Waals surface area contributed by atoms with E-state index in [4.69, 9.17) is 9.47 Å². The van der Waals surface area contributed by atoms with Gasteiger partial charge in [-0.1, -0.05) is 19.9 Å². The van der Waals surface area contributed by atoms with Gasteiger partial charge in [0.2, 0.25) is 0 Å². The van der Waals surface area contributed by atoms with E-state index in [1.54, 1.807) is 29.7 Å². The van der Waals surface area contributed by atoms with Crippen molar-refractivity contribution in [2.24, 2.45) is 11.8 Å². The second-order valence-corrected chi connectivity index (χ2v) is 10.5. The van der Waals surface area contributed by atoms with Crippen molar-refractivity contribution in [3.05, 3.63) is 65.1 Å². The number of carbonyl (C=O) groups is 2. The fraction of sp³-hybridized carbons (Fsp3) is 0.464. The highest BCUT2D eigenvalue weighted by atomic mass is 19.1. The molecule has 0 saturated heterocycles. The number of ether oxygens (including phenoxy) is 2. The molecule has 2 aromatic heterocycles. The van der Waals surface area contributed by atoms with Crippen molar-refractivity contribution >= 4 is 17.4 Å². The molecule has 0 unspecified atom stereocenters. The van der Waals surface area contributed by atoms with Crippen LogP contribution in [-0.4, -0.2) is 26.7 Å². The molecule has 36 heavy (non-hydrogen) atoms. The van der Waals surface area contributed by atoms with Gasteiger partial charge < -0.3 is 9.47 Å². The predicted molar refractivity (Wildman–Crippen MR) is 133 cm³/mol. The summed E-state index contributed by atoms with van der Waals surface area (Å²) in [7, 11) is 0. The molecule has 8 heteroatoms. The Kier molecular flexibility index (Phi) is 8.48. The molecule has 0 saturated carbocycles. The number of rotatable bonds is 10. The minimum Gasteiger partial charge on any atom is -0.485 e. The van der Waals surface area contributed by atoms with Crippen LogP contribution in [0.4, 0.5) is 8.78 Å². The average Bonchev–Trinajstić information content (AvgIpc) is 3.08. The molecular weight excluding hydrogens is 466 g/mol. The lowest BCUT2D eigenvalue weighted by Crippen LogP contribution is -2.26. The number of carbonyl (C=O) groups excluding carboxylic acids is 2. The zero-order valence-corrected chi connectivity index (χ0v) is 21.7. The minimum atomic E-state index is -0.696. The fourth-order valence-electron chi connectivity index (χ4n) is 4.31. The third-order valence-electron chi connectivity index (χ3n) is 5.64. The Balaban J connectivity index is 1.83. The molecule has 2 heterocycles. The van der Waals surface area contributed by atoms with Crippen LogP contribution in [0.15, 0.2) is 36.5 Å². The molecule has 0 N–H and O–H groups in total. The number of nitrogens with zero attached hydrogens (tertiary/aromatic N) is 2. The van der Waals surface area contributed by atoms with E-state index in [2.05, 4.69) is 4.98 Å². The van der Waals surface area contributed by atoms with Crippen LogP contribution in [0.1, 0.15) is 75.6 Å². The summed E-state index contributed by atoms with van der Waals surface area (Å²) in [5, 5.41) is 0. The lowest BCUT2D eigenvalue weighted by molar-refractivity contribution is -0.156. The van der Waals surface area contributed by atoms with Gasteiger partial charge in [0, 0.05) is 19.0 Å². The second kappa shape index (κ2) is 11.2. The molecule has 1 atom stereocenters. The van der Waals surface area contributed by atoms with Gasteiger partial charge in [-0.25, -0.2) is 13.8 Å². The molecule has 0 spiro atoms. The zero-order valence-electron chi connectivity index (χ0n) is 21.7. The first-order chi connectivity index (χ1) is 16.9. The van der Waals surface area contributed by atoms with Gasteiger partial charge in [-0.15, -0.1) is 0 Å². The van der Waals surface area contributed by atoms with Crippen molar-refractivity contribution in [2.45, 2.75) is 73.0 Å². The maximum Gasteiger partial charge on any atom is 0.306 e. The van der Waals surface area contributed by atoms with Crippen molar-refractivity contribution in [1.82, 2.24) is 9.38 Å². The van der Waals surface area contributed by atoms with Gasteiger partial charge in [0.05, 0.1) is 11.3 Å². The summed E-state index contributed by atoms with van der Waals surface area (Å²) >= 11 is 0. The van der Waals surface area contributed by atoms with E-state index in [0.717, 1.165) is 0 Å². The first-order valence-corrected chi connectivity index (χ1v) is 12.1. The average molecular weight is 501 g/mol. The molecule has 194 valence electrons. The van der Waals surface area contributed by atoms with Crippen LogP contribution in [0.25, 0.3) is 5.65 Å². The summed E-state index contributed by atoms with van der Waals surface area (Å²) in [5.74, 6) is -1.45. The second-order valence-electron chi connectivity index (χ2n) is 10.5. The number of hydrogen-bond donors (Lipinski definition) is 0. The minimum absolute atomic E-state index is 0.147. The Morgan fingerprint density at radius 3 is 2.33 bits per heavy atom. The monoisotopic (exact) mass is 500 g/mol. The normalized spacial score (nSPS) is 12.7. The van der Waals surface area contributed by atoms with Crippen LogP contribution < -0.4 is 4.74 Å². The van der Waals surface area contributed by atoms with Crippen LogP contribution >= 0.6 is 0 Å². The van der Waals surface area contributed by atoms with Crippen LogP contribution in [0.2, 0.25) is 0 Å². The fourth-order valence-corrected chi connectivity index (χ4v) is 4.31. The topological polar surface area (TPSA) is 69.9 Å². The Morgan fingerprint density at radius 1 is 1.06 bits per heavy atom. The van der Waals surface area contributed by atoms with Crippen molar-refractivity contribution in [3.63, 3.8) is 0 Å². The molecule has 0 amide bonds. The van der Waals surface area contributed by atoms with E-state index in [9.17, 15) is 18.4 Å². The first kappa shape index (κ1) is 27.3. The maximum absolute atomic E-state index is 14.0. The lowest BCUT2D eigenvalue weighted by Gasteiger charge is -2.23. The standard InChI is InChI=1S/C28H34F2N2O4/c1-17(2)13-19(15-25(34)36-28(4,5)6)14-23(33)26-18(3)31-27-24(11-8-12-32(26)27)35-16-20-21(29)9-7-10-22(20)30/h7-12,17,19H,13-16H2,1-6H3/t19-/m0/s1. The van der Waals surface area contributed by atoms with Crippen molar-refractivity contribution in [3.8, 4) is 5.75 Å². The highest BCUT2D eigenvalue weighted by Gasteiger charge is 2.26. The number of pyridine rings is 1. The smallest absolute Gasteiger partial charge is 0.306 e. The van der Waals surface area contributed by atoms with Crippen molar-refractivity contribution < 1.29 is 27.8 Å². The number of esters is 1. The Hall–Kier alpha value is -3.29. The first-order valence-electron chi connectivity index (χ1n) is 12.1. The number of fused-ring (bicyclic) bond motifs is 1. The van der Waals surface area contributed by atoms with Gasteiger partial charge in [-0.05, 0) is 70.2 Å². The number of halogens is 2. The summed E-state index contributed by atoms with van der Waals surface area (Å²) in [6, 6.07) is 6.95. The quantitative estimate of drug-likeness (QED) is 0.236. The molecule has 0 radical (unpaired) electrons. The van der Waals surface area contributed by atoms with E-state index >= 15 is 0 Å². The highest BCUT2D eigenvalue weighted by Crippen LogP contribution is 2.28. The number of ketones is 1. The van der Waals surface area contributed by atoms with E-state index < -0.39 is 17.2 Å². The SMILES string of the molecule is Cc1nc2c(OCc3c(F)cccc3F)cccn2c1C(=O)C[C@@H](CC(=O)OC(C)(C)C)CC(C)C. The van der Waals surface area contributed by atoms with Crippen molar-refractivity contribution in [2.75, 3.05) is 0 Å². The number of aryl methyl sites for hydroxylation is 1. The molecule has 0 bridgehead atoms. The van der Waals surface area contributed by atoms with E-state index in [1.165, 1.54) is 18.2 Å². The number of imidazole rings is 1. The third kappa shape index (κ3) is 6.89. The molecule has 0 aliphatic carbocycles. The highest BCUT2D eigenvalue weighted by molar-refractivity contribution is 5.97. The Bertz CT molecular complexity index is 1220. The molecular formula is C28H34F2N2O4. The molecule has 0 fully saturated rings. The van der Waals surface area contributed by atoms with Gasteiger partial charge in [0.15, 0.2) is 17.2 Å². The molecule has 1 aromatic carbocycles. The Morgan fingerprint density at radius 2 is 1.72 bits per heavy atom. The molecule has 3 rings (SSSR count). The molecule has 6 nitrogen and oxygen atoms in total. The van der Waals surface area contributed by atoms with Crippen LogP contribution in [0.3, 0.4) is 0 Å². The van der Waals surface area contributed by atoms with Gasteiger partial charge in [0.1, 0.15) is 29.5 Å². The Labute approximate surface area is 210 Å². The lowest BCUT2D eigenvalue weighted by atomic mass is 9.89. The summed E-state index contributed by atoms with van der Waals surface area (Å²) in [5.41, 5.74) is 0.503. The van der Waals surface area contributed by atoms with E-state index in [-0.39, 0.29) is 42.7 Å². The zero-order chi connectivity index (χ0) is 26.6. The largest absolute Gasteiger partial charge is 0.485 e. The van der Waals surface area contributed by atoms with Gasteiger partial charge in [0.25, 0.3) is 0 Å². The summed E-state index contributed by atoms with van der Waals surface area (Å²) in [6.07, 6.45) is 2.71. The van der Waals surface area contributed by atoms with Crippen LogP contribution in [-0.2, 0) is 16.1 Å². The van der Waals surface area contributed by atoms with Crippen LogP contribution in [0, 0.1) is 30.4 Å². The number of aromatic nitrogens is 2. The third-order valence-corrected chi connectivity index (χ3v) is 5.64. The summed E-state index contributed by atoms with van der Waals surface area (Å²) < 4.78 is 40.8. The molecule has 0 aliphatic heterocycles. The maximum atomic E-state index is 14.0. The number of hydrogen-bond acceptors (Lipinski definition) is 5. The summed E-state index contributed by atoms with van der Waals surface area (Å²) in [4.78, 5) is 30.4. The molecule has 0 aliphatic rings. The van der Waals surface area contributed by atoms with Crippen LogP contribution in [0.5, 0.6) is 5.75 Å². The van der Waals surface area contributed by atoms with Gasteiger partial charge >= 0.3 is 5.97 Å². The van der Waals surface area contributed by atoms with Gasteiger partial charge in [-0.3, -0.25) is 14.0 Å². The van der Waals surface area contributed by atoms with E-state index in [0.29, 0.717) is 35.1 Å². The molecule has 3 aromatic rings.